The van der Waals surface area contributed by atoms with Crippen molar-refractivity contribution in [1.82, 2.24) is 5.32 Å². The Hall–Kier alpha value is -2.93. The topological polar surface area (TPSA) is 70.7 Å². The second-order valence-electron chi connectivity index (χ2n) is 7.56. The first-order valence-corrected chi connectivity index (χ1v) is 9.74. The summed E-state index contributed by atoms with van der Waals surface area (Å²) in [5.74, 6) is -0.839. The monoisotopic (exact) mass is 397 g/mol. The van der Waals surface area contributed by atoms with Crippen LogP contribution in [0.3, 0.4) is 0 Å². The van der Waals surface area contributed by atoms with Gasteiger partial charge in [-0.2, -0.15) is 0 Å². The maximum Gasteiger partial charge on any atom is 0.229 e. The highest BCUT2D eigenvalue weighted by Gasteiger charge is 2.36. The van der Waals surface area contributed by atoms with E-state index in [1.807, 2.05) is 31.2 Å². The van der Waals surface area contributed by atoms with Gasteiger partial charge in [-0.15, -0.1) is 0 Å². The minimum Gasteiger partial charge on any atom is -0.495 e. The summed E-state index contributed by atoms with van der Waals surface area (Å²) >= 11 is 0. The molecule has 1 saturated heterocycles. The number of halogens is 1. The van der Waals surface area contributed by atoms with Gasteiger partial charge in [-0.1, -0.05) is 12.1 Å². The molecule has 0 aromatic heterocycles. The lowest BCUT2D eigenvalue weighted by Crippen LogP contribution is -2.29. The first-order chi connectivity index (χ1) is 14.0. The predicted molar refractivity (Wildman–Crippen MR) is 109 cm³/mol. The van der Waals surface area contributed by atoms with Gasteiger partial charge in [0.15, 0.2) is 0 Å². The summed E-state index contributed by atoms with van der Waals surface area (Å²) in [6.45, 7) is 3.51. The Morgan fingerprint density at radius 3 is 2.93 bits per heavy atom. The van der Waals surface area contributed by atoms with E-state index in [1.165, 1.54) is 0 Å². The van der Waals surface area contributed by atoms with Crippen LogP contribution in [0.25, 0.3) is 0 Å². The Morgan fingerprint density at radius 1 is 1.31 bits per heavy atom. The molecule has 6 nitrogen and oxygen atoms in total. The molecule has 0 aliphatic carbocycles. The van der Waals surface area contributed by atoms with Crippen molar-refractivity contribution in [2.75, 3.05) is 30.4 Å². The number of ether oxygens (including phenoxy) is 1. The van der Waals surface area contributed by atoms with Crippen LogP contribution in [-0.2, 0) is 22.6 Å². The molecule has 7 heteroatoms. The largest absolute Gasteiger partial charge is 0.495 e. The lowest BCUT2D eigenvalue weighted by atomic mass is 9.99. The first-order valence-electron chi connectivity index (χ1n) is 9.74. The average molecular weight is 397 g/mol. The zero-order valence-electron chi connectivity index (χ0n) is 16.5. The number of anilines is 2. The van der Waals surface area contributed by atoms with E-state index in [2.05, 4.69) is 10.6 Å². The number of aryl methyl sites for hydroxylation is 1. The number of rotatable bonds is 4. The fraction of sp³-hybridized carbons (Fsp3) is 0.364. The summed E-state index contributed by atoms with van der Waals surface area (Å²) in [5, 5.41) is 5.89. The van der Waals surface area contributed by atoms with Crippen LogP contribution in [0.5, 0.6) is 5.75 Å². The van der Waals surface area contributed by atoms with E-state index in [9.17, 15) is 14.0 Å². The van der Waals surface area contributed by atoms with E-state index in [0.29, 0.717) is 36.5 Å². The predicted octanol–water partition coefficient (Wildman–Crippen LogP) is 2.78. The van der Waals surface area contributed by atoms with Crippen molar-refractivity contribution in [3.63, 3.8) is 0 Å². The van der Waals surface area contributed by atoms with Crippen molar-refractivity contribution in [3.05, 3.63) is 52.8 Å². The van der Waals surface area contributed by atoms with E-state index in [-0.39, 0.29) is 36.3 Å². The molecule has 2 heterocycles. The smallest absolute Gasteiger partial charge is 0.229 e. The standard InChI is InChI=1S/C22H24FN3O3/c1-13-3-6-19(29-2)18(9-13)26-12-15(10-20(26)27)22(28)25-17-5-4-14-11-24-8-7-16(14)21(17)23/h3-6,9,15,24H,7-8,10-12H2,1-2H3,(H,25,28). The lowest BCUT2D eigenvalue weighted by molar-refractivity contribution is -0.122. The van der Waals surface area contributed by atoms with Crippen molar-refractivity contribution < 1.29 is 18.7 Å². The van der Waals surface area contributed by atoms with Gasteiger partial charge in [-0.25, -0.2) is 4.39 Å². The van der Waals surface area contributed by atoms with Gasteiger partial charge in [-0.05, 0) is 54.8 Å². The highest BCUT2D eigenvalue weighted by molar-refractivity contribution is 6.04. The van der Waals surface area contributed by atoms with Crippen molar-refractivity contribution in [3.8, 4) is 5.75 Å². The second kappa shape index (κ2) is 7.83. The molecule has 152 valence electrons. The molecule has 1 fully saturated rings. The molecule has 4 rings (SSSR count). The number of carbonyl (C=O) groups excluding carboxylic acids is 2. The molecule has 1 atom stereocenters. The minimum absolute atomic E-state index is 0.0827. The van der Waals surface area contributed by atoms with Gasteiger partial charge in [0, 0.05) is 19.5 Å². The van der Waals surface area contributed by atoms with E-state index in [1.54, 1.807) is 18.1 Å². The van der Waals surface area contributed by atoms with Gasteiger partial charge in [0.2, 0.25) is 11.8 Å². The Bertz CT molecular complexity index is 976. The molecule has 2 aromatic rings. The molecule has 0 radical (unpaired) electrons. The number of nitrogens with one attached hydrogen (secondary N) is 2. The van der Waals surface area contributed by atoms with Crippen molar-refractivity contribution in [2.24, 2.45) is 5.92 Å². The number of fused-ring (bicyclic) bond motifs is 1. The highest BCUT2D eigenvalue weighted by atomic mass is 19.1. The molecule has 2 aromatic carbocycles. The Morgan fingerprint density at radius 2 is 2.14 bits per heavy atom. The van der Waals surface area contributed by atoms with E-state index < -0.39 is 5.92 Å². The molecule has 0 bridgehead atoms. The molecule has 2 aliphatic heterocycles. The number of carbonyl (C=O) groups is 2. The van der Waals surface area contributed by atoms with E-state index in [0.717, 1.165) is 11.1 Å². The van der Waals surface area contributed by atoms with Gasteiger partial charge in [0.25, 0.3) is 0 Å². The van der Waals surface area contributed by atoms with E-state index in [4.69, 9.17) is 4.74 Å². The van der Waals surface area contributed by atoms with Gasteiger partial charge in [0.1, 0.15) is 11.6 Å². The van der Waals surface area contributed by atoms with Gasteiger partial charge < -0.3 is 20.3 Å². The molecular weight excluding hydrogens is 373 g/mol. The summed E-state index contributed by atoms with van der Waals surface area (Å²) in [6, 6.07) is 9.01. The van der Waals surface area contributed by atoms with Crippen LogP contribution in [0.1, 0.15) is 23.1 Å². The maximum atomic E-state index is 14.8. The van der Waals surface area contributed by atoms with Gasteiger partial charge in [-0.3, -0.25) is 9.59 Å². The van der Waals surface area contributed by atoms with Crippen molar-refractivity contribution >= 4 is 23.2 Å². The fourth-order valence-electron chi connectivity index (χ4n) is 3.99. The van der Waals surface area contributed by atoms with Crippen LogP contribution >= 0.6 is 0 Å². The third-order valence-electron chi connectivity index (χ3n) is 5.59. The molecule has 2 N–H and O–H groups in total. The highest BCUT2D eigenvalue weighted by Crippen LogP contribution is 2.34. The molecule has 0 saturated carbocycles. The number of methoxy groups -OCH3 is 1. The second-order valence-corrected chi connectivity index (χ2v) is 7.56. The zero-order chi connectivity index (χ0) is 20.5. The molecule has 1 unspecified atom stereocenters. The maximum absolute atomic E-state index is 14.8. The van der Waals surface area contributed by atoms with Crippen LogP contribution in [0.4, 0.5) is 15.8 Å². The Kier molecular flexibility index (Phi) is 5.24. The van der Waals surface area contributed by atoms with Crippen LogP contribution in [0.2, 0.25) is 0 Å². The van der Waals surface area contributed by atoms with Crippen LogP contribution in [0.15, 0.2) is 30.3 Å². The molecular formula is C22H24FN3O3. The number of hydrogen-bond acceptors (Lipinski definition) is 4. The quantitative estimate of drug-likeness (QED) is 0.832. The number of benzene rings is 2. The number of amides is 2. The van der Waals surface area contributed by atoms with Gasteiger partial charge in [0.05, 0.1) is 24.4 Å². The Balaban J connectivity index is 1.51. The Labute approximate surface area is 169 Å². The molecule has 2 aliphatic rings. The SMILES string of the molecule is COc1ccc(C)cc1N1CC(C(=O)Nc2ccc3c(c2F)CCNC3)CC1=O. The average Bonchev–Trinajstić information content (AvgIpc) is 3.12. The minimum atomic E-state index is -0.551. The molecule has 29 heavy (non-hydrogen) atoms. The van der Waals surface area contributed by atoms with Crippen molar-refractivity contribution in [2.45, 2.75) is 26.3 Å². The van der Waals surface area contributed by atoms with Crippen LogP contribution in [-0.4, -0.2) is 32.0 Å². The lowest BCUT2D eigenvalue weighted by Gasteiger charge is -2.21. The third-order valence-corrected chi connectivity index (χ3v) is 5.59. The van der Waals surface area contributed by atoms with Crippen LogP contribution < -0.4 is 20.3 Å². The fourth-order valence-corrected chi connectivity index (χ4v) is 3.99. The summed E-state index contributed by atoms with van der Waals surface area (Å²) in [7, 11) is 1.55. The zero-order valence-corrected chi connectivity index (χ0v) is 16.5. The third kappa shape index (κ3) is 3.70. The van der Waals surface area contributed by atoms with Crippen LogP contribution in [0, 0.1) is 18.7 Å². The summed E-state index contributed by atoms with van der Waals surface area (Å²) < 4.78 is 20.2. The normalized spacial score (nSPS) is 18.5. The summed E-state index contributed by atoms with van der Waals surface area (Å²) in [6.07, 6.45) is 0.674. The summed E-state index contributed by atoms with van der Waals surface area (Å²) in [4.78, 5) is 26.9. The van der Waals surface area contributed by atoms with Crippen molar-refractivity contribution in [1.29, 1.82) is 0 Å². The molecule has 2 amide bonds. The number of hydrogen-bond donors (Lipinski definition) is 2. The number of nitrogens with zero attached hydrogens (tertiary/aromatic N) is 1. The summed E-state index contributed by atoms with van der Waals surface area (Å²) in [5.41, 5.74) is 3.39. The van der Waals surface area contributed by atoms with Gasteiger partial charge >= 0.3 is 0 Å². The molecule has 0 spiro atoms. The first kappa shape index (κ1) is 19.4. The van der Waals surface area contributed by atoms with E-state index >= 15 is 0 Å².